The predicted octanol–water partition coefficient (Wildman–Crippen LogP) is 0.150. The van der Waals surface area contributed by atoms with E-state index in [2.05, 4.69) is 9.35 Å². The highest BCUT2D eigenvalue weighted by atomic mass is 32.2. The molecule has 2 N–H and O–H groups in total. The maximum absolute atomic E-state index is 11.2. The number of primary sulfonamides is 1. The molecular weight excluding hydrogens is 246 g/mol. The van der Waals surface area contributed by atoms with Crippen LogP contribution in [0.2, 0.25) is 0 Å². The highest BCUT2D eigenvalue weighted by Gasteiger charge is 2.13. The van der Waals surface area contributed by atoms with Crippen molar-refractivity contribution in [3.05, 3.63) is 6.20 Å². The zero-order valence-corrected chi connectivity index (χ0v) is 9.95. The molecule has 0 amide bonds. The molecule has 0 aliphatic carbocycles. The molecule has 1 aromatic heterocycles. The zero-order chi connectivity index (χ0) is 11.0. The third kappa shape index (κ3) is 3.33. The van der Waals surface area contributed by atoms with Crippen LogP contribution < -0.4 is 5.14 Å². The summed E-state index contributed by atoms with van der Waals surface area (Å²) in [7, 11) is -6.08. The van der Waals surface area contributed by atoms with Crippen LogP contribution in [0, 0.1) is 0 Å². The van der Waals surface area contributed by atoms with Gasteiger partial charge in [0.05, 0.1) is 6.20 Å². The van der Waals surface area contributed by atoms with E-state index in [9.17, 15) is 12.6 Å². The van der Waals surface area contributed by atoms with Gasteiger partial charge in [-0.1, -0.05) is 11.3 Å². The standard InChI is InChI=1S/C5H9N3O3S3/c1-13(2,9)8-4-3-7-5(12-4)14(6,10)11/h3H,1-2H3,(H2,6,10,11). The average Bonchev–Trinajstić information content (AvgIpc) is 2.29. The Labute approximate surface area is 86.4 Å². The van der Waals surface area contributed by atoms with Crippen LogP contribution in [0.1, 0.15) is 0 Å². The molecule has 0 aromatic carbocycles. The first-order chi connectivity index (χ1) is 6.18. The summed E-state index contributed by atoms with van der Waals surface area (Å²) in [6, 6.07) is 0. The van der Waals surface area contributed by atoms with Crippen molar-refractivity contribution in [2.24, 2.45) is 9.50 Å². The summed E-state index contributed by atoms with van der Waals surface area (Å²) in [6.07, 6.45) is 4.13. The Bertz CT molecular complexity index is 542. The van der Waals surface area contributed by atoms with Crippen molar-refractivity contribution in [2.45, 2.75) is 4.34 Å². The molecule has 6 nitrogen and oxygen atoms in total. The molecule has 0 spiro atoms. The lowest BCUT2D eigenvalue weighted by atomic mass is 10.9. The molecule has 0 radical (unpaired) electrons. The van der Waals surface area contributed by atoms with E-state index in [1.807, 2.05) is 0 Å². The van der Waals surface area contributed by atoms with E-state index >= 15 is 0 Å². The number of nitrogens with zero attached hydrogens (tertiary/aromatic N) is 2. The highest BCUT2D eigenvalue weighted by molar-refractivity contribution is 7.92. The Morgan fingerprint density at radius 3 is 2.36 bits per heavy atom. The third-order valence-electron chi connectivity index (χ3n) is 1.03. The quantitative estimate of drug-likeness (QED) is 0.812. The fourth-order valence-corrected chi connectivity index (χ4v) is 3.12. The third-order valence-corrected chi connectivity index (χ3v) is 4.00. The molecule has 1 rings (SSSR count). The lowest BCUT2D eigenvalue weighted by molar-refractivity contribution is 0.597. The van der Waals surface area contributed by atoms with Crippen molar-refractivity contribution in [3.8, 4) is 0 Å². The summed E-state index contributed by atoms with van der Waals surface area (Å²) in [5, 5.41) is 5.14. The zero-order valence-electron chi connectivity index (χ0n) is 7.50. The van der Waals surface area contributed by atoms with Gasteiger partial charge in [-0.2, -0.15) is 4.36 Å². The number of aromatic nitrogens is 1. The second-order valence-corrected chi connectivity index (χ2v) is 8.07. The SMILES string of the molecule is CS(C)(=O)=Nc1cnc(S(N)(=O)=O)s1. The van der Waals surface area contributed by atoms with Crippen LogP contribution >= 0.6 is 11.3 Å². The van der Waals surface area contributed by atoms with Crippen molar-refractivity contribution >= 4 is 36.1 Å². The largest absolute Gasteiger partial charge is 0.265 e. The molecule has 0 bridgehead atoms. The smallest absolute Gasteiger partial charge is 0.250 e. The summed E-state index contributed by atoms with van der Waals surface area (Å²) < 4.78 is 36.5. The first-order valence-electron chi connectivity index (χ1n) is 3.34. The van der Waals surface area contributed by atoms with Crippen molar-refractivity contribution in [2.75, 3.05) is 12.5 Å². The van der Waals surface area contributed by atoms with E-state index in [-0.39, 0.29) is 4.34 Å². The van der Waals surface area contributed by atoms with Crippen molar-refractivity contribution < 1.29 is 12.6 Å². The van der Waals surface area contributed by atoms with Gasteiger partial charge in [-0.05, 0) is 0 Å². The number of nitrogens with two attached hydrogens (primary N) is 1. The Hall–Kier alpha value is -0.510. The normalized spacial score (nSPS) is 12.8. The van der Waals surface area contributed by atoms with Crippen molar-refractivity contribution in [3.63, 3.8) is 0 Å². The summed E-state index contributed by atoms with van der Waals surface area (Å²) in [4.78, 5) is 3.56. The van der Waals surface area contributed by atoms with Crippen LogP contribution in [-0.2, 0) is 19.8 Å². The summed E-state index contributed by atoms with van der Waals surface area (Å²) in [5.74, 6) is 0. The van der Waals surface area contributed by atoms with Gasteiger partial charge in [0.2, 0.25) is 4.34 Å². The summed E-state index contributed by atoms with van der Waals surface area (Å²) in [5.41, 5.74) is 0. The van der Waals surface area contributed by atoms with Gasteiger partial charge in [0, 0.05) is 22.2 Å². The van der Waals surface area contributed by atoms with Gasteiger partial charge in [0.25, 0.3) is 10.0 Å². The minimum Gasteiger partial charge on any atom is -0.250 e. The average molecular weight is 255 g/mol. The van der Waals surface area contributed by atoms with Gasteiger partial charge in [-0.25, -0.2) is 22.7 Å². The van der Waals surface area contributed by atoms with Gasteiger partial charge in [-0.3, -0.25) is 0 Å². The van der Waals surface area contributed by atoms with E-state index in [1.165, 1.54) is 18.7 Å². The fourth-order valence-electron chi connectivity index (χ4n) is 0.641. The van der Waals surface area contributed by atoms with Crippen LogP contribution in [0.25, 0.3) is 0 Å². The van der Waals surface area contributed by atoms with Crippen LogP contribution in [0.4, 0.5) is 5.00 Å². The molecule has 0 fully saturated rings. The highest BCUT2D eigenvalue weighted by Crippen LogP contribution is 2.25. The summed E-state index contributed by atoms with van der Waals surface area (Å²) in [6.45, 7) is 0. The van der Waals surface area contributed by atoms with Gasteiger partial charge in [0.15, 0.2) is 0 Å². The Morgan fingerprint density at radius 1 is 1.43 bits per heavy atom. The first-order valence-corrected chi connectivity index (χ1v) is 8.04. The molecule has 0 saturated heterocycles. The van der Waals surface area contributed by atoms with Crippen LogP contribution in [0.5, 0.6) is 0 Å². The topological polar surface area (TPSA) is 102 Å². The second-order valence-electron chi connectivity index (χ2n) is 2.78. The monoisotopic (exact) mass is 255 g/mol. The van der Waals surface area contributed by atoms with E-state index in [4.69, 9.17) is 5.14 Å². The van der Waals surface area contributed by atoms with Gasteiger partial charge < -0.3 is 0 Å². The number of hydrogen-bond donors (Lipinski definition) is 1. The number of thiazole rings is 1. The van der Waals surface area contributed by atoms with E-state index < -0.39 is 19.8 Å². The summed E-state index contributed by atoms with van der Waals surface area (Å²) >= 11 is 0.797. The molecule has 0 atom stereocenters. The molecule has 9 heteroatoms. The van der Waals surface area contributed by atoms with Gasteiger partial charge in [0.1, 0.15) is 5.00 Å². The van der Waals surface area contributed by atoms with Gasteiger partial charge >= 0.3 is 0 Å². The van der Waals surface area contributed by atoms with Crippen molar-refractivity contribution in [1.29, 1.82) is 0 Å². The van der Waals surface area contributed by atoms with E-state index in [0.29, 0.717) is 5.00 Å². The number of rotatable bonds is 2. The molecule has 80 valence electrons. The molecule has 1 heterocycles. The lowest BCUT2D eigenvalue weighted by Crippen LogP contribution is -2.11. The van der Waals surface area contributed by atoms with Crippen LogP contribution in [0.15, 0.2) is 14.9 Å². The molecular formula is C5H9N3O3S3. The molecule has 0 aliphatic heterocycles. The minimum atomic E-state index is -3.78. The fraction of sp³-hybridized carbons (Fsp3) is 0.400. The van der Waals surface area contributed by atoms with Gasteiger partial charge in [-0.15, -0.1) is 0 Å². The molecule has 14 heavy (non-hydrogen) atoms. The van der Waals surface area contributed by atoms with E-state index in [1.54, 1.807) is 0 Å². The molecule has 1 aromatic rings. The van der Waals surface area contributed by atoms with Crippen molar-refractivity contribution in [1.82, 2.24) is 4.98 Å². The Morgan fingerprint density at radius 2 is 2.00 bits per heavy atom. The minimum absolute atomic E-state index is 0.222. The molecule has 0 unspecified atom stereocenters. The lowest BCUT2D eigenvalue weighted by Gasteiger charge is -1.90. The van der Waals surface area contributed by atoms with Crippen LogP contribution in [-0.4, -0.2) is 30.1 Å². The predicted molar refractivity (Wildman–Crippen MR) is 55.6 cm³/mol. The van der Waals surface area contributed by atoms with E-state index in [0.717, 1.165) is 11.3 Å². The number of hydrogen-bond acceptors (Lipinski definition) is 6. The molecule has 0 saturated carbocycles. The maximum atomic E-state index is 11.2. The Kier molecular flexibility index (Phi) is 2.95. The maximum Gasteiger partial charge on any atom is 0.265 e. The second kappa shape index (κ2) is 3.57. The molecule has 0 aliphatic rings. The first kappa shape index (κ1) is 11.6. The Balaban J connectivity index is 3.21. The van der Waals surface area contributed by atoms with Crippen LogP contribution in [0.3, 0.4) is 0 Å². The number of sulfonamides is 1.